The molecule has 1 fully saturated rings. The summed E-state index contributed by atoms with van der Waals surface area (Å²) in [7, 11) is 1.54. The van der Waals surface area contributed by atoms with Gasteiger partial charge in [0.1, 0.15) is 5.69 Å². The summed E-state index contributed by atoms with van der Waals surface area (Å²) in [6.07, 6.45) is 4.93. The number of hydrogen-bond acceptors (Lipinski definition) is 7. The molecule has 0 aliphatic carbocycles. The second-order valence-electron chi connectivity index (χ2n) is 7.18. The number of carbonyl (C=O) groups excluding carboxylic acids is 1. The molecule has 0 spiro atoms. The number of aromatic nitrogens is 3. The number of ether oxygens (including phenoxy) is 3. The molecule has 3 rings (SSSR count). The SMILES string of the molecule is C=CCCOc1ccc(-c2nnc(CCC(=O)NC[C@H]3CCCO3)c(=O)[nH]2)cc1OC. The lowest BCUT2D eigenvalue weighted by Gasteiger charge is -2.11. The molecule has 0 saturated carbocycles. The topological polar surface area (TPSA) is 115 Å². The zero-order valence-electron chi connectivity index (χ0n) is 17.7. The van der Waals surface area contributed by atoms with Crippen molar-refractivity contribution >= 4 is 5.91 Å². The molecule has 0 radical (unpaired) electrons. The van der Waals surface area contributed by atoms with Gasteiger partial charge >= 0.3 is 0 Å². The van der Waals surface area contributed by atoms with E-state index < -0.39 is 0 Å². The zero-order valence-corrected chi connectivity index (χ0v) is 17.7. The third kappa shape index (κ3) is 6.39. The molecule has 31 heavy (non-hydrogen) atoms. The maximum atomic E-state index is 12.4. The average molecular weight is 428 g/mol. The summed E-state index contributed by atoms with van der Waals surface area (Å²) in [6.45, 7) is 5.40. The molecule has 2 heterocycles. The van der Waals surface area contributed by atoms with Crippen LogP contribution in [0.15, 0.2) is 35.6 Å². The van der Waals surface area contributed by atoms with Crippen molar-refractivity contribution in [1.29, 1.82) is 0 Å². The fourth-order valence-electron chi connectivity index (χ4n) is 3.19. The van der Waals surface area contributed by atoms with Crippen molar-refractivity contribution in [2.45, 2.75) is 38.2 Å². The fraction of sp³-hybridized carbons (Fsp3) is 0.455. The standard InChI is InChI=1S/C22H28N4O5/c1-3-4-11-31-18-9-7-15(13-19(18)29-2)21-24-22(28)17(25-26-21)8-10-20(27)23-14-16-6-5-12-30-16/h3,7,9,13,16H,1,4-6,8,10-12,14H2,2H3,(H,23,27)(H,24,26,28)/t16-/m1/s1. The predicted octanol–water partition coefficient (Wildman–Crippen LogP) is 2.02. The number of H-pyrrole nitrogens is 1. The van der Waals surface area contributed by atoms with E-state index in [4.69, 9.17) is 14.2 Å². The third-order valence-electron chi connectivity index (χ3n) is 4.92. The number of carbonyl (C=O) groups is 1. The quantitative estimate of drug-likeness (QED) is 0.416. The maximum Gasteiger partial charge on any atom is 0.273 e. The monoisotopic (exact) mass is 428 g/mol. The lowest BCUT2D eigenvalue weighted by atomic mass is 10.2. The van der Waals surface area contributed by atoms with Crippen molar-refractivity contribution in [2.75, 3.05) is 26.9 Å². The minimum Gasteiger partial charge on any atom is -0.493 e. The molecular formula is C22H28N4O5. The number of benzene rings is 1. The van der Waals surface area contributed by atoms with Gasteiger partial charge in [-0.25, -0.2) is 0 Å². The van der Waals surface area contributed by atoms with E-state index in [9.17, 15) is 9.59 Å². The minimum atomic E-state index is -0.373. The summed E-state index contributed by atoms with van der Waals surface area (Å²) >= 11 is 0. The second-order valence-corrected chi connectivity index (χ2v) is 7.18. The predicted molar refractivity (Wildman–Crippen MR) is 115 cm³/mol. The summed E-state index contributed by atoms with van der Waals surface area (Å²) < 4.78 is 16.5. The molecule has 2 N–H and O–H groups in total. The van der Waals surface area contributed by atoms with Gasteiger partial charge in [0.05, 0.1) is 19.8 Å². The molecule has 9 nitrogen and oxygen atoms in total. The van der Waals surface area contributed by atoms with Crippen molar-refractivity contribution in [1.82, 2.24) is 20.5 Å². The highest BCUT2D eigenvalue weighted by molar-refractivity contribution is 5.76. The molecule has 1 amide bonds. The Hall–Kier alpha value is -3.20. The van der Waals surface area contributed by atoms with Gasteiger partial charge in [0, 0.05) is 31.6 Å². The minimum absolute atomic E-state index is 0.0854. The summed E-state index contributed by atoms with van der Waals surface area (Å²) in [5, 5.41) is 11.0. The first-order valence-corrected chi connectivity index (χ1v) is 10.4. The lowest BCUT2D eigenvalue weighted by molar-refractivity contribution is -0.121. The van der Waals surface area contributed by atoms with Crippen molar-refractivity contribution in [3.63, 3.8) is 0 Å². The first-order chi connectivity index (χ1) is 15.1. The molecule has 0 bridgehead atoms. The van der Waals surface area contributed by atoms with Crippen molar-refractivity contribution in [2.24, 2.45) is 0 Å². The highest BCUT2D eigenvalue weighted by Crippen LogP contribution is 2.31. The Morgan fingerprint density at radius 2 is 2.26 bits per heavy atom. The van der Waals surface area contributed by atoms with E-state index in [2.05, 4.69) is 27.1 Å². The smallest absolute Gasteiger partial charge is 0.273 e. The van der Waals surface area contributed by atoms with E-state index in [-0.39, 0.29) is 36.1 Å². The van der Waals surface area contributed by atoms with Crippen LogP contribution in [0.5, 0.6) is 11.5 Å². The highest BCUT2D eigenvalue weighted by atomic mass is 16.5. The van der Waals surface area contributed by atoms with Crippen LogP contribution in [0.4, 0.5) is 0 Å². The summed E-state index contributed by atoms with van der Waals surface area (Å²) in [4.78, 5) is 27.2. The number of nitrogens with one attached hydrogen (secondary N) is 2. The van der Waals surface area contributed by atoms with Crippen LogP contribution in [0.25, 0.3) is 11.4 Å². The molecule has 1 aromatic heterocycles. The number of rotatable bonds is 11. The van der Waals surface area contributed by atoms with Gasteiger partial charge in [0.25, 0.3) is 5.56 Å². The summed E-state index contributed by atoms with van der Waals surface area (Å²) in [5.74, 6) is 1.29. The van der Waals surface area contributed by atoms with Crippen LogP contribution < -0.4 is 20.3 Å². The number of aryl methyl sites for hydroxylation is 1. The van der Waals surface area contributed by atoms with Gasteiger partial charge in [-0.05, 0) is 37.5 Å². The first kappa shape index (κ1) is 22.5. The molecule has 166 valence electrons. The molecule has 1 aliphatic heterocycles. The maximum absolute atomic E-state index is 12.4. The van der Waals surface area contributed by atoms with Crippen molar-refractivity contribution in [3.05, 3.63) is 46.9 Å². The highest BCUT2D eigenvalue weighted by Gasteiger charge is 2.17. The van der Waals surface area contributed by atoms with Crippen LogP contribution in [0.1, 0.15) is 31.4 Å². The third-order valence-corrected chi connectivity index (χ3v) is 4.92. The van der Waals surface area contributed by atoms with Gasteiger partial charge < -0.3 is 24.5 Å². The van der Waals surface area contributed by atoms with Crippen LogP contribution in [-0.4, -0.2) is 54.1 Å². The van der Waals surface area contributed by atoms with E-state index >= 15 is 0 Å². The lowest BCUT2D eigenvalue weighted by Crippen LogP contribution is -2.32. The normalized spacial score (nSPS) is 15.5. The molecule has 9 heteroatoms. The van der Waals surface area contributed by atoms with Gasteiger partial charge in [0.15, 0.2) is 17.3 Å². The van der Waals surface area contributed by atoms with E-state index in [1.54, 1.807) is 31.4 Å². The Labute approximate surface area is 180 Å². The van der Waals surface area contributed by atoms with E-state index in [1.807, 2.05) is 0 Å². The number of nitrogens with zero attached hydrogens (tertiary/aromatic N) is 2. The summed E-state index contributed by atoms with van der Waals surface area (Å²) in [6, 6.07) is 5.24. The molecule has 2 aromatic rings. The Bertz CT molecular complexity index is 953. The van der Waals surface area contributed by atoms with Gasteiger partial charge in [0.2, 0.25) is 5.91 Å². The van der Waals surface area contributed by atoms with Gasteiger partial charge in [-0.3, -0.25) is 9.59 Å². The van der Waals surface area contributed by atoms with Crippen molar-refractivity contribution < 1.29 is 19.0 Å². The van der Waals surface area contributed by atoms with Gasteiger partial charge in [-0.2, -0.15) is 0 Å². The Balaban J connectivity index is 1.60. The molecular weight excluding hydrogens is 400 g/mol. The Kier molecular flexibility index (Phi) is 8.17. The Morgan fingerprint density at radius 3 is 2.97 bits per heavy atom. The zero-order chi connectivity index (χ0) is 22.1. The molecule has 1 atom stereocenters. The van der Waals surface area contributed by atoms with Crippen LogP contribution in [-0.2, 0) is 16.0 Å². The molecule has 1 aliphatic rings. The van der Waals surface area contributed by atoms with E-state index in [0.717, 1.165) is 25.9 Å². The van der Waals surface area contributed by atoms with E-state index in [1.165, 1.54) is 0 Å². The van der Waals surface area contributed by atoms with E-state index in [0.29, 0.717) is 36.0 Å². The fourth-order valence-corrected chi connectivity index (χ4v) is 3.19. The van der Waals surface area contributed by atoms with Crippen LogP contribution in [0.3, 0.4) is 0 Å². The largest absolute Gasteiger partial charge is 0.493 e. The number of methoxy groups -OCH3 is 1. The van der Waals surface area contributed by atoms with Crippen LogP contribution >= 0.6 is 0 Å². The van der Waals surface area contributed by atoms with Crippen molar-refractivity contribution in [3.8, 4) is 22.9 Å². The van der Waals surface area contributed by atoms with Gasteiger partial charge in [-0.15, -0.1) is 16.8 Å². The number of hydrogen-bond donors (Lipinski definition) is 2. The Morgan fingerprint density at radius 1 is 1.39 bits per heavy atom. The second kappa shape index (κ2) is 11.3. The number of aromatic amines is 1. The average Bonchev–Trinajstić information content (AvgIpc) is 3.31. The molecule has 1 aromatic carbocycles. The number of amides is 1. The van der Waals surface area contributed by atoms with Crippen LogP contribution in [0, 0.1) is 0 Å². The molecule has 1 saturated heterocycles. The summed E-state index contributed by atoms with van der Waals surface area (Å²) in [5.41, 5.74) is 0.480. The van der Waals surface area contributed by atoms with Crippen LogP contribution in [0.2, 0.25) is 0 Å². The first-order valence-electron chi connectivity index (χ1n) is 10.4. The van der Waals surface area contributed by atoms with Gasteiger partial charge in [-0.1, -0.05) is 6.08 Å². The molecule has 0 unspecified atom stereocenters.